The molecule has 2 aromatic heterocycles. The summed E-state index contributed by atoms with van der Waals surface area (Å²) < 4.78 is 0. The third kappa shape index (κ3) is 3.43. The molecule has 0 bridgehead atoms. The SMILES string of the molecule is CCNc1cc(C)nc(N2CCN(c3ncnc4c3CCCC4)CC2)n1. The molecular weight excluding hydrogens is 326 g/mol. The molecule has 0 radical (unpaired) electrons. The van der Waals surface area contributed by atoms with E-state index in [2.05, 4.69) is 42.0 Å². The van der Waals surface area contributed by atoms with Crippen molar-refractivity contribution < 1.29 is 0 Å². The van der Waals surface area contributed by atoms with Crippen molar-refractivity contribution in [1.29, 1.82) is 0 Å². The molecule has 2 aliphatic rings. The Morgan fingerprint density at radius 1 is 1.00 bits per heavy atom. The van der Waals surface area contributed by atoms with Crippen LogP contribution in [0.2, 0.25) is 0 Å². The summed E-state index contributed by atoms with van der Waals surface area (Å²) >= 11 is 0. The molecule has 1 saturated heterocycles. The molecule has 0 atom stereocenters. The molecule has 0 spiro atoms. The Bertz CT molecular complexity index is 768. The van der Waals surface area contributed by atoms with Crippen LogP contribution in [0.15, 0.2) is 12.4 Å². The van der Waals surface area contributed by atoms with Gasteiger partial charge in [0.2, 0.25) is 5.95 Å². The molecule has 0 saturated carbocycles. The highest BCUT2D eigenvalue weighted by molar-refractivity contribution is 5.52. The Kier molecular flexibility index (Phi) is 4.86. The lowest BCUT2D eigenvalue weighted by atomic mass is 9.96. The summed E-state index contributed by atoms with van der Waals surface area (Å²) in [5, 5.41) is 3.29. The smallest absolute Gasteiger partial charge is 0.227 e. The number of aromatic nitrogens is 4. The first-order valence-electron chi connectivity index (χ1n) is 9.67. The van der Waals surface area contributed by atoms with Gasteiger partial charge in [0.1, 0.15) is 18.0 Å². The average Bonchev–Trinajstić information content (AvgIpc) is 2.67. The van der Waals surface area contributed by atoms with Crippen LogP contribution in [0.3, 0.4) is 0 Å². The van der Waals surface area contributed by atoms with E-state index in [0.29, 0.717) is 0 Å². The number of nitrogens with one attached hydrogen (secondary N) is 1. The number of aryl methyl sites for hydroxylation is 2. The molecule has 3 heterocycles. The Labute approximate surface area is 154 Å². The van der Waals surface area contributed by atoms with Crippen LogP contribution in [-0.4, -0.2) is 52.7 Å². The first kappa shape index (κ1) is 17.0. The maximum absolute atomic E-state index is 4.67. The number of piperazine rings is 1. The molecule has 7 heteroatoms. The summed E-state index contributed by atoms with van der Waals surface area (Å²) in [5.74, 6) is 2.88. The molecule has 4 rings (SSSR count). The van der Waals surface area contributed by atoms with E-state index in [1.54, 1.807) is 6.33 Å². The van der Waals surface area contributed by atoms with Crippen LogP contribution in [0, 0.1) is 6.92 Å². The Hall–Kier alpha value is -2.44. The minimum Gasteiger partial charge on any atom is -0.370 e. The van der Waals surface area contributed by atoms with Crippen LogP contribution >= 0.6 is 0 Å². The van der Waals surface area contributed by atoms with E-state index in [-0.39, 0.29) is 0 Å². The van der Waals surface area contributed by atoms with Gasteiger partial charge >= 0.3 is 0 Å². The van der Waals surface area contributed by atoms with Gasteiger partial charge in [-0.05, 0) is 39.5 Å². The molecule has 138 valence electrons. The van der Waals surface area contributed by atoms with Gasteiger partial charge in [-0.3, -0.25) is 0 Å². The average molecular weight is 353 g/mol. The zero-order chi connectivity index (χ0) is 17.9. The summed E-state index contributed by atoms with van der Waals surface area (Å²) in [6.07, 6.45) is 6.43. The number of fused-ring (bicyclic) bond motifs is 1. The number of hydrogen-bond acceptors (Lipinski definition) is 7. The maximum Gasteiger partial charge on any atom is 0.227 e. The summed E-state index contributed by atoms with van der Waals surface area (Å²) in [6.45, 7) is 8.67. The van der Waals surface area contributed by atoms with Crippen molar-refractivity contribution in [2.24, 2.45) is 0 Å². The lowest BCUT2D eigenvalue weighted by molar-refractivity contribution is 0.615. The Balaban J connectivity index is 1.48. The normalized spacial score (nSPS) is 17.2. The van der Waals surface area contributed by atoms with Gasteiger partial charge in [0.05, 0.1) is 0 Å². The highest BCUT2D eigenvalue weighted by Gasteiger charge is 2.24. The number of hydrogen-bond donors (Lipinski definition) is 1. The lowest BCUT2D eigenvalue weighted by Gasteiger charge is -2.37. The zero-order valence-electron chi connectivity index (χ0n) is 15.7. The van der Waals surface area contributed by atoms with E-state index < -0.39 is 0 Å². The van der Waals surface area contributed by atoms with Crippen molar-refractivity contribution in [3.63, 3.8) is 0 Å². The van der Waals surface area contributed by atoms with Crippen molar-refractivity contribution in [2.45, 2.75) is 39.5 Å². The minimum atomic E-state index is 0.824. The fourth-order valence-electron chi connectivity index (χ4n) is 3.86. The molecule has 7 nitrogen and oxygen atoms in total. The Morgan fingerprint density at radius 2 is 1.77 bits per heavy atom. The second-order valence-corrected chi connectivity index (χ2v) is 7.03. The van der Waals surface area contributed by atoms with Crippen molar-refractivity contribution in [2.75, 3.05) is 47.8 Å². The third-order valence-corrected chi connectivity index (χ3v) is 5.16. The fraction of sp³-hybridized carbons (Fsp3) is 0.579. The van der Waals surface area contributed by atoms with Crippen molar-refractivity contribution in [3.05, 3.63) is 29.3 Å². The first-order valence-corrected chi connectivity index (χ1v) is 9.67. The van der Waals surface area contributed by atoms with Crippen LogP contribution in [0.25, 0.3) is 0 Å². The molecule has 0 amide bonds. The van der Waals surface area contributed by atoms with E-state index in [1.807, 2.05) is 13.0 Å². The molecule has 1 fully saturated rings. The largest absolute Gasteiger partial charge is 0.370 e. The van der Waals surface area contributed by atoms with E-state index in [0.717, 1.165) is 68.8 Å². The third-order valence-electron chi connectivity index (χ3n) is 5.16. The molecule has 0 aromatic carbocycles. The quantitative estimate of drug-likeness (QED) is 0.903. The van der Waals surface area contributed by atoms with E-state index in [9.17, 15) is 0 Å². The van der Waals surface area contributed by atoms with E-state index in [4.69, 9.17) is 0 Å². The van der Waals surface area contributed by atoms with Gasteiger partial charge in [-0.15, -0.1) is 0 Å². The number of anilines is 3. The van der Waals surface area contributed by atoms with Crippen LogP contribution in [-0.2, 0) is 12.8 Å². The monoisotopic (exact) mass is 353 g/mol. The van der Waals surface area contributed by atoms with Crippen molar-refractivity contribution >= 4 is 17.6 Å². The standard InChI is InChI=1S/C19H27N7/c1-3-20-17-12-14(2)23-19(24-17)26-10-8-25(9-11-26)18-15-6-4-5-7-16(15)21-13-22-18/h12-13H,3-11H2,1-2H3,(H,20,23,24). The van der Waals surface area contributed by atoms with Gasteiger partial charge in [-0.25, -0.2) is 15.0 Å². The first-order chi connectivity index (χ1) is 12.7. The van der Waals surface area contributed by atoms with Crippen LogP contribution in [0.1, 0.15) is 36.7 Å². The molecule has 26 heavy (non-hydrogen) atoms. The predicted molar refractivity (Wildman–Crippen MR) is 104 cm³/mol. The molecule has 0 unspecified atom stereocenters. The van der Waals surface area contributed by atoms with Gasteiger partial charge in [0.25, 0.3) is 0 Å². The van der Waals surface area contributed by atoms with Crippen LogP contribution in [0.4, 0.5) is 17.6 Å². The highest BCUT2D eigenvalue weighted by atomic mass is 15.3. The molecule has 2 aromatic rings. The van der Waals surface area contributed by atoms with Gasteiger partial charge in [-0.1, -0.05) is 0 Å². The molecular formula is C19H27N7. The lowest BCUT2D eigenvalue weighted by Crippen LogP contribution is -2.48. The van der Waals surface area contributed by atoms with Crippen LogP contribution < -0.4 is 15.1 Å². The highest BCUT2D eigenvalue weighted by Crippen LogP contribution is 2.28. The zero-order valence-corrected chi connectivity index (χ0v) is 15.7. The van der Waals surface area contributed by atoms with E-state index >= 15 is 0 Å². The van der Waals surface area contributed by atoms with Crippen molar-refractivity contribution in [3.8, 4) is 0 Å². The van der Waals surface area contributed by atoms with E-state index in [1.165, 1.54) is 24.1 Å². The van der Waals surface area contributed by atoms with Crippen molar-refractivity contribution in [1.82, 2.24) is 19.9 Å². The topological polar surface area (TPSA) is 70.1 Å². The molecule has 1 aliphatic heterocycles. The second kappa shape index (κ2) is 7.43. The maximum atomic E-state index is 4.67. The van der Waals surface area contributed by atoms with Gasteiger partial charge < -0.3 is 15.1 Å². The fourth-order valence-corrected chi connectivity index (χ4v) is 3.86. The molecule has 1 aliphatic carbocycles. The van der Waals surface area contributed by atoms with Crippen LogP contribution in [0.5, 0.6) is 0 Å². The Morgan fingerprint density at radius 3 is 2.58 bits per heavy atom. The summed E-state index contributed by atoms with van der Waals surface area (Å²) in [7, 11) is 0. The minimum absolute atomic E-state index is 0.824. The second-order valence-electron chi connectivity index (χ2n) is 7.03. The molecule has 1 N–H and O–H groups in total. The summed E-state index contributed by atoms with van der Waals surface area (Å²) in [4.78, 5) is 23.1. The number of rotatable bonds is 4. The number of nitrogens with zero attached hydrogens (tertiary/aromatic N) is 6. The predicted octanol–water partition coefficient (Wildman–Crippen LogP) is 2.21. The van der Waals surface area contributed by atoms with Gasteiger partial charge in [-0.2, -0.15) is 4.98 Å². The van der Waals surface area contributed by atoms with Gasteiger partial charge in [0, 0.05) is 55.7 Å². The summed E-state index contributed by atoms with van der Waals surface area (Å²) in [5.41, 5.74) is 3.62. The summed E-state index contributed by atoms with van der Waals surface area (Å²) in [6, 6.07) is 2.00. The van der Waals surface area contributed by atoms with Gasteiger partial charge in [0.15, 0.2) is 0 Å².